The van der Waals surface area contributed by atoms with Crippen LogP contribution in [0.3, 0.4) is 0 Å². The molecule has 1 aromatic carbocycles. The summed E-state index contributed by atoms with van der Waals surface area (Å²) in [4.78, 5) is 7.19. The molecule has 0 amide bonds. The number of methoxy groups -OCH3 is 2. The van der Waals surface area contributed by atoms with Gasteiger partial charge in [-0.15, -0.1) is 10.2 Å². The predicted octanol–water partition coefficient (Wildman–Crippen LogP) is 3.58. The van der Waals surface area contributed by atoms with Crippen LogP contribution < -0.4 is 9.47 Å². The smallest absolute Gasteiger partial charge is 0.204 e. The van der Waals surface area contributed by atoms with Gasteiger partial charge in [0.2, 0.25) is 5.82 Å². The van der Waals surface area contributed by atoms with Gasteiger partial charge in [0.15, 0.2) is 38.7 Å². The molecular formula is C23H23F2N5O5S. The molecule has 0 fully saturated rings. The summed E-state index contributed by atoms with van der Waals surface area (Å²) in [6.07, 6.45) is 1.55. The van der Waals surface area contributed by atoms with Crippen molar-refractivity contribution in [1.29, 1.82) is 0 Å². The average Bonchev–Trinajstić information content (AvgIpc) is 3.43. The highest BCUT2D eigenvalue weighted by molar-refractivity contribution is 7.90. The van der Waals surface area contributed by atoms with Crippen molar-refractivity contribution >= 4 is 9.84 Å². The maximum atomic E-state index is 15.4. The van der Waals surface area contributed by atoms with Gasteiger partial charge in [-0.3, -0.25) is 4.57 Å². The van der Waals surface area contributed by atoms with Gasteiger partial charge in [0.25, 0.3) is 0 Å². The van der Waals surface area contributed by atoms with Crippen molar-refractivity contribution < 1.29 is 31.1 Å². The van der Waals surface area contributed by atoms with Gasteiger partial charge < -0.3 is 13.9 Å². The van der Waals surface area contributed by atoms with Gasteiger partial charge in [-0.2, -0.15) is 0 Å². The minimum atomic E-state index is -4.17. The lowest BCUT2D eigenvalue weighted by Gasteiger charge is -2.19. The molecule has 0 aliphatic carbocycles. The molecule has 0 radical (unpaired) electrons. The maximum absolute atomic E-state index is 15.4. The second-order valence-corrected chi connectivity index (χ2v) is 10.2. The molecule has 0 bridgehead atoms. The summed E-state index contributed by atoms with van der Waals surface area (Å²) in [6.45, 7) is 2.77. The molecule has 0 aliphatic heterocycles. The molecule has 0 N–H and O–H groups in total. The SMILES string of the molecule is COc1cccc(OC)c1-n1c(CS(=O)(=O)C[C@](C)(F)c2ncc(F)cn2)nnc1-c1ccc(C)o1. The summed E-state index contributed by atoms with van der Waals surface area (Å²) in [5, 5.41) is 8.25. The average molecular weight is 520 g/mol. The molecule has 4 aromatic rings. The first-order valence-electron chi connectivity index (χ1n) is 10.6. The number of para-hydroxylation sites is 1. The van der Waals surface area contributed by atoms with Gasteiger partial charge in [0.05, 0.1) is 32.4 Å². The number of ether oxygens (including phenoxy) is 2. The summed E-state index contributed by atoms with van der Waals surface area (Å²) in [5.41, 5.74) is -2.15. The van der Waals surface area contributed by atoms with Gasteiger partial charge in [-0.1, -0.05) is 6.07 Å². The van der Waals surface area contributed by atoms with E-state index in [0.717, 1.165) is 19.3 Å². The molecule has 3 aromatic heterocycles. The Morgan fingerprint density at radius 3 is 2.25 bits per heavy atom. The number of benzene rings is 1. The normalized spacial score (nSPS) is 13.4. The molecule has 36 heavy (non-hydrogen) atoms. The Morgan fingerprint density at radius 1 is 1.06 bits per heavy atom. The van der Waals surface area contributed by atoms with Crippen molar-refractivity contribution in [1.82, 2.24) is 24.7 Å². The topological polar surface area (TPSA) is 122 Å². The second-order valence-electron chi connectivity index (χ2n) is 8.15. The second kappa shape index (κ2) is 9.64. The van der Waals surface area contributed by atoms with Crippen LogP contribution in [-0.4, -0.2) is 53.1 Å². The number of hydrogen-bond donors (Lipinski definition) is 0. The largest absolute Gasteiger partial charge is 0.494 e. The van der Waals surface area contributed by atoms with E-state index in [1.165, 1.54) is 18.8 Å². The molecule has 0 spiro atoms. The van der Waals surface area contributed by atoms with E-state index in [1.54, 1.807) is 37.3 Å². The van der Waals surface area contributed by atoms with Crippen LogP contribution in [0.15, 0.2) is 47.1 Å². The van der Waals surface area contributed by atoms with Crippen LogP contribution in [0.1, 0.15) is 24.3 Å². The fourth-order valence-electron chi connectivity index (χ4n) is 3.72. The zero-order valence-corrected chi connectivity index (χ0v) is 20.7. The highest BCUT2D eigenvalue weighted by atomic mass is 32.2. The van der Waals surface area contributed by atoms with Crippen LogP contribution in [0.2, 0.25) is 0 Å². The third kappa shape index (κ3) is 5.05. The van der Waals surface area contributed by atoms with Crippen molar-refractivity contribution in [2.45, 2.75) is 25.3 Å². The molecule has 13 heteroatoms. The Morgan fingerprint density at radius 2 is 1.69 bits per heavy atom. The molecule has 0 saturated heterocycles. The van der Waals surface area contributed by atoms with Crippen molar-refractivity contribution in [3.05, 3.63) is 66.0 Å². The first kappa shape index (κ1) is 25.2. The van der Waals surface area contributed by atoms with Crippen LogP contribution in [-0.2, 0) is 21.3 Å². The molecule has 4 rings (SSSR count). The number of hydrogen-bond acceptors (Lipinski definition) is 9. The zero-order valence-electron chi connectivity index (χ0n) is 19.9. The molecule has 0 aliphatic rings. The van der Waals surface area contributed by atoms with E-state index in [2.05, 4.69) is 20.2 Å². The van der Waals surface area contributed by atoms with E-state index in [0.29, 0.717) is 28.7 Å². The summed E-state index contributed by atoms with van der Waals surface area (Å²) in [6, 6.07) is 8.42. The lowest BCUT2D eigenvalue weighted by molar-refractivity contribution is 0.209. The number of nitrogens with zero attached hydrogens (tertiary/aromatic N) is 5. The number of rotatable bonds is 9. The molecular weight excluding hydrogens is 496 g/mol. The first-order chi connectivity index (χ1) is 17.0. The van der Waals surface area contributed by atoms with Crippen LogP contribution >= 0.6 is 0 Å². The maximum Gasteiger partial charge on any atom is 0.204 e. The van der Waals surface area contributed by atoms with Crippen molar-refractivity contribution in [3.8, 4) is 28.8 Å². The molecule has 0 saturated carbocycles. The lowest BCUT2D eigenvalue weighted by Crippen LogP contribution is -2.30. The Kier molecular flexibility index (Phi) is 6.76. The van der Waals surface area contributed by atoms with E-state index >= 15 is 4.39 Å². The van der Waals surface area contributed by atoms with Crippen molar-refractivity contribution in [3.63, 3.8) is 0 Å². The number of furan rings is 1. The Balaban J connectivity index is 1.80. The fourth-order valence-corrected chi connectivity index (χ4v) is 5.36. The van der Waals surface area contributed by atoms with Crippen LogP contribution in [0.5, 0.6) is 11.5 Å². The van der Waals surface area contributed by atoms with Crippen LogP contribution in [0, 0.1) is 12.7 Å². The molecule has 1 atom stereocenters. The molecule has 190 valence electrons. The van der Waals surface area contributed by atoms with Gasteiger partial charge in [0.1, 0.15) is 28.7 Å². The van der Waals surface area contributed by atoms with Gasteiger partial charge in [-0.05, 0) is 38.1 Å². The van der Waals surface area contributed by atoms with E-state index < -0.39 is 38.7 Å². The van der Waals surface area contributed by atoms with Gasteiger partial charge in [-0.25, -0.2) is 27.2 Å². The first-order valence-corrected chi connectivity index (χ1v) is 12.5. The number of aryl methyl sites for hydroxylation is 1. The van der Waals surface area contributed by atoms with Gasteiger partial charge >= 0.3 is 0 Å². The molecule has 3 heterocycles. The summed E-state index contributed by atoms with van der Waals surface area (Å²) in [5.74, 6) is -1.08. The highest BCUT2D eigenvalue weighted by Crippen LogP contribution is 2.37. The van der Waals surface area contributed by atoms with E-state index in [1.807, 2.05) is 0 Å². The summed E-state index contributed by atoms with van der Waals surface area (Å²) in [7, 11) is -1.27. The fraction of sp³-hybridized carbons (Fsp3) is 0.304. The van der Waals surface area contributed by atoms with Crippen LogP contribution in [0.25, 0.3) is 17.3 Å². The quantitative estimate of drug-likeness (QED) is 0.326. The third-order valence-electron chi connectivity index (χ3n) is 5.24. The number of halogens is 2. The lowest BCUT2D eigenvalue weighted by atomic mass is 10.1. The minimum absolute atomic E-state index is 0.0299. The van der Waals surface area contributed by atoms with Crippen LogP contribution in [0.4, 0.5) is 8.78 Å². The number of aromatic nitrogens is 5. The van der Waals surface area contributed by atoms with E-state index in [4.69, 9.17) is 13.9 Å². The third-order valence-corrected chi connectivity index (χ3v) is 6.92. The summed E-state index contributed by atoms with van der Waals surface area (Å²) < 4.78 is 73.0. The number of alkyl halides is 1. The monoisotopic (exact) mass is 519 g/mol. The standard InChI is InChI=1S/C23H23F2N5O5S/c1-14-8-9-18(35-14)21-29-28-19(30(21)20-16(33-3)6-5-7-17(20)34-4)12-36(31,32)13-23(2,25)22-26-10-15(24)11-27-22/h5-11H,12-13H2,1-4H3/t23-/m0/s1. The zero-order chi connectivity index (χ0) is 26.1. The van der Waals surface area contributed by atoms with Crippen molar-refractivity contribution in [2.24, 2.45) is 0 Å². The van der Waals surface area contributed by atoms with E-state index in [9.17, 15) is 12.8 Å². The summed E-state index contributed by atoms with van der Waals surface area (Å²) >= 11 is 0. The molecule has 0 unspecified atom stereocenters. The van der Waals surface area contributed by atoms with E-state index in [-0.39, 0.29) is 11.6 Å². The molecule has 10 nitrogen and oxygen atoms in total. The van der Waals surface area contributed by atoms with Crippen molar-refractivity contribution in [2.75, 3.05) is 20.0 Å². The number of sulfone groups is 1. The minimum Gasteiger partial charge on any atom is -0.494 e. The Hall–Kier alpha value is -3.87. The highest BCUT2D eigenvalue weighted by Gasteiger charge is 2.37. The van der Waals surface area contributed by atoms with Gasteiger partial charge in [0, 0.05) is 0 Å². The predicted molar refractivity (Wildman–Crippen MR) is 125 cm³/mol. The Labute approximate surface area is 205 Å². The Bertz CT molecular complexity index is 1460.